The summed E-state index contributed by atoms with van der Waals surface area (Å²) in [6.07, 6.45) is 14.1. The van der Waals surface area contributed by atoms with Crippen LogP contribution in [0.2, 0.25) is 0 Å². The van der Waals surface area contributed by atoms with Crippen molar-refractivity contribution in [2.45, 2.75) is 375 Å². The summed E-state index contributed by atoms with van der Waals surface area (Å²) < 4.78 is 24.6. The van der Waals surface area contributed by atoms with Gasteiger partial charge in [-0.1, -0.05) is 35.1 Å². The zero-order valence-corrected chi connectivity index (χ0v) is 70.0. The van der Waals surface area contributed by atoms with Crippen LogP contribution >= 0.6 is 0 Å². The van der Waals surface area contributed by atoms with Gasteiger partial charge in [-0.15, -0.1) is 0 Å². The van der Waals surface area contributed by atoms with Crippen LogP contribution in [0.1, 0.15) is 313 Å². The predicted octanol–water partition coefficient (Wildman–Crippen LogP) is 17.4. The predicted molar refractivity (Wildman–Crippen MR) is 423 cm³/mol. The van der Waals surface area contributed by atoms with Crippen LogP contribution in [0.15, 0.2) is 0 Å². The standard InChI is InChI=1S/C10H21N.C9H20N2.C9H19N.2C8H15NO.2C8H17N.C7H13F2N.C7H13NO.C6H13N.2CH4/c1-9-5-7-11(8-6-9)10(2,3)4;1-9(2,3)11-7-5-10(4)6-8-11;1-9(2,3)10-7-5-4-6-8-10;2*1-8(2,3)9-6-4-5-7(9)10;1-7-5-9(6-7)8(2,3)4;1-8(2,3)9-6-4-5-7-9;1-6(2,3)10-4-7(8,9)5-10;1-7(2,3)8-5-4-6(8)9;1-6(2,3)7-4-5-7;;/h9H,5-8H2,1-4H3;5-8H2,1-4H3;4-8H2,1-3H3;2*4-6H2,1-3H3;7H,5-6H2,1-4H3;4-7H2,1-3H3;4-5H2,1-3H3;4-5H2,1-3H3;4-5H2,1-3H3;2*1H4. The normalized spacial score (nSPS) is 22.3. The van der Waals surface area contributed by atoms with Crippen LogP contribution in [0.3, 0.4) is 0 Å². The molecule has 14 nitrogen and oxygen atoms in total. The Morgan fingerprint density at radius 1 is 0.286 bits per heavy atom. The maximum Gasteiger partial charge on any atom is 0.272 e. The van der Waals surface area contributed by atoms with Gasteiger partial charge in [0.25, 0.3) is 5.92 Å². The van der Waals surface area contributed by atoms with E-state index in [2.05, 4.69) is 242 Å². The summed E-state index contributed by atoms with van der Waals surface area (Å²) in [4.78, 5) is 58.3. The van der Waals surface area contributed by atoms with E-state index in [0.717, 1.165) is 63.6 Å². The smallest absolute Gasteiger partial charge is 0.272 e. The largest absolute Gasteiger partial charge is 0.338 e. The Balaban J connectivity index is 0. The number of hydrogen-bond donors (Lipinski definition) is 0. The molecule has 3 amide bonds. The van der Waals surface area contributed by atoms with E-state index in [9.17, 15) is 23.2 Å². The number of piperazine rings is 1. The summed E-state index contributed by atoms with van der Waals surface area (Å²) in [5.74, 6) is 0.383. The van der Waals surface area contributed by atoms with E-state index in [-0.39, 0.29) is 50.1 Å². The highest BCUT2D eigenvalue weighted by Crippen LogP contribution is 2.33. The molecule has 10 rings (SSSR count). The number of hydrogen-bond acceptors (Lipinski definition) is 11. The SMILES string of the molecule is C.C.CC(C)(C)N1CC(F)(F)C1.CC(C)(C)N1CC1.CC(C)(C)N1CCC1=O.CC(C)(C)N1CCCC1.CC(C)(C)N1CCCC1=O.CC(C)(C)N1CCCC1=O.CC(C)(C)N1CCCCC1.CC1CCN(C(C)(C)C)CC1.CC1CN(C(C)(C)C)C1.CN1CCN(C(C)(C)C)CC1. The Labute approximate surface area is 609 Å². The minimum absolute atomic E-state index is 0. The first-order valence-corrected chi connectivity index (χ1v) is 38.4. The van der Waals surface area contributed by atoms with Crippen molar-refractivity contribution in [2.75, 3.05) is 131 Å². The van der Waals surface area contributed by atoms with E-state index in [4.69, 9.17) is 0 Å². The number of likely N-dealkylation sites (tertiary alicyclic amines) is 8. The van der Waals surface area contributed by atoms with Crippen molar-refractivity contribution in [1.29, 1.82) is 0 Å². The van der Waals surface area contributed by atoms with E-state index < -0.39 is 5.92 Å². The molecule has 0 radical (unpaired) electrons. The molecular weight excluding hydrogens is 1220 g/mol. The lowest BCUT2D eigenvalue weighted by Crippen LogP contribution is -2.62. The van der Waals surface area contributed by atoms with E-state index in [1.165, 1.54) is 137 Å². The lowest BCUT2D eigenvalue weighted by atomic mass is 9.94. The average Bonchev–Trinajstić information content (AvgIpc) is 1.37. The molecule has 10 saturated heterocycles. The van der Waals surface area contributed by atoms with Crippen molar-refractivity contribution >= 4 is 17.7 Å². The number of amides is 3. The molecule has 0 aliphatic carbocycles. The summed E-state index contributed by atoms with van der Waals surface area (Å²) in [6, 6.07) is 0. The van der Waals surface area contributed by atoms with Gasteiger partial charge in [0.1, 0.15) is 0 Å². The number of carbonyl (C=O) groups excluding carboxylic acids is 3. The molecule has 10 fully saturated rings. The van der Waals surface area contributed by atoms with Gasteiger partial charge in [0, 0.05) is 147 Å². The van der Waals surface area contributed by atoms with E-state index in [0.29, 0.717) is 51.0 Å². The van der Waals surface area contributed by atoms with Crippen molar-refractivity contribution in [1.82, 2.24) is 53.9 Å². The fraction of sp³-hybridized carbons (Fsp3) is 0.963. The van der Waals surface area contributed by atoms with Crippen LogP contribution in [-0.2, 0) is 14.4 Å². The van der Waals surface area contributed by atoms with Crippen LogP contribution in [0.5, 0.6) is 0 Å². The molecule has 0 aromatic heterocycles. The number of alkyl halides is 2. The first-order valence-electron chi connectivity index (χ1n) is 38.4. The molecule has 0 bridgehead atoms. The fourth-order valence-electron chi connectivity index (χ4n) is 12.8. The highest BCUT2D eigenvalue weighted by atomic mass is 19.3. The monoisotopic (exact) mass is 1400 g/mol. The number of likely N-dealkylation sites (N-methyl/N-ethyl adjacent to an activating group) is 1. The van der Waals surface area contributed by atoms with Gasteiger partial charge in [-0.2, -0.15) is 0 Å². The van der Waals surface area contributed by atoms with Gasteiger partial charge in [-0.05, 0) is 317 Å². The third-order valence-electron chi connectivity index (χ3n) is 20.2. The molecule has 98 heavy (non-hydrogen) atoms. The number of halogens is 2. The lowest BCUT2D eigenvalue weighted by Gasteiger charge is -2.47. The Morgan fingerprint density at radius 3 is 0.704 bits per heavy atom. The number of nitrogens with zero attached hydrogens (tertiary/aromatic N) is 11. The van der Waals surface area contributed by atoms with Crippen molar-refractivity contribution < 1.29 is 23.2 Å². The molecule has 0 aromatic carbocycles. The summed E-state index contributed by atoms with van der Waals surface area (Å²) in [7, 11) is 2.19. The molecule has 16 heteroatoms. The fourth-order valence-corrected chi connectivity index (χ4v) is 12.8. The van der Waals surface area contributed by atoms with Crippen LogP contribution in [0, 0.1) is 11.8 Å². The third-order valence-corrected chi connectivity index (χ3v) is 20.2. The minimum Gasteiger partial charge on any atom is -0.338 e. The Kier molecular flexibility index (Phi) is 41.0. The number of rotatable bonds is 0. The summed E-state index contributed by atoms with van der Waals surface area (Å²) in [5.41, 5.74) is 2.45. The lowest BCUT2D eigenvalue weighted by molar-refractivity contribution is -0.160. The summed E-state index contributed by atoms with van der Waals surface area (Å²) in [6.45, 7) is 90.9. The second-order valence-corrected chi connectivity index (χ2v) is 39.7. The molecule has 10 aliphatic heterocycles. The zero-order valence-electron chi connectivity index (χ0n) is 70.0. The van der Waals surface area contributed by atoms with Crippen LogP contribution < -0.4 is 0 Å². The van der Waals surface area contributed by atoms with Gasteiger partial charge in [0.2, 0.25) is 17.7 Å². The Bertz CT molecular complexity index is 2100. The van der Waals surface area contributed by atoms with Gasteiger partial charge in [-0.25, -0.2) is 8.78 Å². The van der Waals surface area contributed by atoms with Crippen molar-refractivity contribution in [3.05, 3.63) is 0 Å². The van der Waals surface area contributed by atoms with E-state index in [1.54, 1.807) is 4.90 Å². The Hall–Kier alpha value is -2.05. The van der Waals surface area contributed by atoms with Gasteiger partial charge in [0.15, 0.2) is 0 Å². The molecule has 0 aromatic rings. The van der Waals surface area contributed by atoms with Gasteiger partial charge in [0.05, 0.1) is 13.1 Å². The molecule has 0 N–H and O–H groups in total. The van der Waals surface area contributed by atoms with Crippen molar-refractivity contribution in [2.24, 2.45) is 11.8 Å². The second-order valence-electron chi connectivity index (χ2n) is 39.7. The first-order chi connectivity index (χ1) is 43.2. The maximum atomic E-state index is 12.3. The van der Waals surface area contributed by atoms with Crippen LogP contribution in [-0.4, -0.2) is 264 Å². The van der Waals surface area contributed by atoms with Gasteiger partial charge < -0.3 is 19.6 Å². The van der Waals surface area contributed by atoms with Crippen molar-refractivity contribution in [3.63, 3.8) is 0 Å². The summed E-state index contributed by atoms with van der Waals surface area (Å²) in [5, 5.41) is 0. The average molecular weight is 1400 g/mol. The molecule has 0 unspecified atom stereocenters. The first kappa shape index (κ1) is 98.0. The number of β-lactam (4-membered cyclic amide) rings is 1. The Morgan fingerprint density at radius 2 is 0.541 bits per heavy atom. The van der Waals surface area contributed by atoms with Gasteiger partial charge in [-0.3, -0.25) is 48.7 Å². The van der Waals surface area contributed by atoms with E-state index >= 15 is 0 Å². The van der Waals surface area contributed by atoms with Crippen LogP contribution in [0.4, 0.5) is 8.78 Å². The van der Waals surface area contributed by atoms with Gasteiger partial charge >= 0.3 is 0 Å². The van der Waals surface area contributed by atoms with E-state index in [1.807, 2.05) is 35.5 Å². The molecular formula is C82H171F2N11O3. The maximum absolute atomic E-state index is 12.3. The van der Waals surface area contributed by atoms with Crippen molar-refractivity contribution in [3.8, 4) is 0 Å². The molecule has 0 atom stereocenters. The highest BCUT2D eigenvalue weighted by Gasteiger charge is 2.48. The van der Waals surface area contributed by atoms with Crippen LogP contribution in [0.25, 0.3) is 0 Å². The number of carbonyl (C=O) groups is 3. The summed E-state index contributed by atoms with van der Waals surface area (Å²) >= 11 is 0. The molecule has 10 heterocycles. The molecule has 10 aliphatic rings. The third kappa shape index (κ3) is 39.7. The molecule has 0 spiro atoms. The quantitative estimate of drug-likeness (QED) is 0.172. The highest BCUT2D eigenvalue weighted by molar-refractivity contribution is 5.82. The topological polar surface area (TPSA) is 86.6 Å². The zero-order chi connectivity index (χ0) is 74.7. The number of piperidine rings is 2. The minimum atomic E-state index is -2.42. The molecule has 0 saturated carbocycles. The second kappa shape index (κ2) is 41.0. The molecule has 586 valence electrons.